The highest BCUT2D eigenvalue weighted by atomic mass is 15.1. The van der Waals surface area contributed by atoms with Crippen molar-refractivity contribution in [1.82, 2.24) is 0 Å². The number of azo groups is 1. The molecule has 0 aromatic carbocycles. The van der Waals surface area contributed by atoms with Crippen molar-refractivity contribution >= 4 is 0 Å². The third kappa shape index (κ3) is 7.60. The lowest BCUT2D eigenvalue weighted by atomic mass is 10.1. The second kappa shape index (κ2) is 2.95. The summed E-state index contributed by atoms with van der Waals surface area (Å²) in [6.45, 7) is 10.2. The summed E-state index contributed by atoms with van der Waals surface area (Å²) in [6, 6.07) is 0.323. The van der Waals surface area contributed by atoms with Gasteiger partial charge in [-0.15, -0.1) is 0 Å². The van der Waals surface area contributed by atoms with Crippen molar-refractivity contribution in [3.8, 4) is 0 Å². The van der Waals surface area contributed by atoms with Gasteiger partial charge in [0, 0.05) is 0 Å². The zero-order valence-electron chi connectivity index (χ0n) is 6.97. The fraction of sp³-hybridized carbons (Fsp3) is 1.00. The van der Waals surface area contributed by atoms with Crippen LogP contribution in [-0.4, -0.2) is 11.6 Å². The molecule has 0 aromatic heterocycles. The number of rotatable bonds is 1. The first-order chi connectivity index (χ1) is 3.92. The van der Waals surface area contributed by atoms with Crippen LogP contribution in [0.3, 0.4) is 0 Å². The monoisotopic (exact) mass is 128 g/mol. The van der Waals surface area contributed by atoms with Crippen LogP contribution in [0.1, 0.15) is 34.6 Å². The van der Waals surface area contributed by atoms with E-state index in [1.165, 1.54) is 0 Å². The highest BCUT2D eigenvalue weighted by Gasteiger charge is 2.05. The summed E-state index contributed by atoms with van der Waals surface area (Å²) in [6.07, 6.45) is 0. The minimum absolute atomic E-state index is 0.00965. The maximum absolute atomic E-state index is 4.08. The van der Waals surface area contributed by atoms with Crippen molar-refractivity contribution in [1.29, 1.82) is 0 Å². The number of hydrogen-bond acceptors (Lipinski definition) is 2. The minimum Gasteiger partial charge on any atom is -0.191 e. The van der Waals surface area contributed by atoms with E-state index in [1.807, 2.05) is 34.6 Å². The topological polar surface area (TPSA) is 24.7 Å². The Morgan fingerprint density at radius 2 is 1.56 bits per heavy atom. The molecule has 0 radical (unpaired) electrons. The van der Waals surface area contributed by atoms with E-state index in [4.69, 9.17) is 0 Å². The van der Waals surface area contributed by atoms with E-state index in [1.54, 1.807) is 0 Å². The Bertz CT molecular complexity index is 98.0. The smallest absolute Gasteiger partial charge is 0.0732 e. The highest BCUT2D eigenvalue weighted by Crippen LogP contribution is 2.07. The summed E-state index contributed by atoms with van der Waals surface area (Å²) in [7, 11) is 0. The Morgan fingerprint density at radius 1 is 1.11 bits per heavy atom. The van der Waals surface area contributed by atoms with Gasteiger partial charge < -0.3 is 0 Å². The predicted octanol–water partition coefficient (Wildman–Crippen LogP) is 2.65. The molecule has 0 aliphatic heterocycles. The van der Waals surface area contributed by atoms with Gasteiger partial charge in [-0.25, -0.2) is 0 Å². The van der Waals surface area contributed by atoms with E-state index < -0.39 is 0 Å². The van der Waals surface area contributed by atoms with Crippen molar-refractivity contribution in [2.24, 2.45) is 10.2 Å². The van der Waals surface area contributed by atoms with E-state index in [0.717, 1.165) is 0 Å². The fourth-order valence-corrected chi connectivity index (χ4v) is 0.289. The molecule has 0 unspecified atom stereocenters. The largest absolute Gasteiger partial charge is 0.191 e. The first kappa shape index (κ1) is 8.60. The average molecular weight is 128 g/mol. The van der Waals surface area contributed by atoms with Crippen LogP contribution in [0.5, 0.6) is 0 Å². The first-order valence-corrected chi connectivity index (χ1v) is 3.34. The third-order valence-corrected chi connectivity index (χ3v) is 0.589. The molecular formula is C7H16N2. The molecule has 0 bridgehead atoms. The van der Waals surface area contributed by atoms with E-state index in [-0.39, 0.29) is 5.54 Å². The first-order valence-electron chi connectivity index (χ1n) is 3.34. The van der Waals surface area contributed by atoms with Gasteiger partial charge in [-0.05, 0) is 34.6 Å². The summed E-state index contributed by atoms with van der Waals surface area (Å²) in [5.74, 6) is 0. The molecule has 0 aliphatic rings. The van der Waals surface area contributed by atoms with Crippen LogP contribution >= 0.6 is 0 Å². The van der Waals surface area contributed by atoms with Gasteiger partial charge in [0.05, 0.1) is 11.6 Å². The SMILES string of the molecule is CC(C)/N=N\C(C)(C)C. The van der Waals surface area contributed by atoms with Crippen molar-refractivity contribution in [2.45, 2.75) is 46.2 Å². The Kier molecular flexibility index (Phi) is 2.82. The Balaban J connectivity index is 3.71. The van der Waals surface area contributed by atoms with Gasteiger partial charge in [-0.3, -0.25) is 0 Å². The predicted molar refractivity (Wildman–Crippen MR) is 39.7 cm³/mol. The molecule has 0 saturated carbocycles. The van der Waals surface area contributed by atoms with Gasteiger partial charge in [0.2, 0.25) is 0 Å². The molecular weight excluding hydrogens is 112 g/mol. The number of hydrogen-bond donors (Lipinski definition) is 0. The maximum atomic E-state index is 4.08. The zero-order valence-corrected chi connectivity index (χ0v) is 6.97. The average Bonchev–Trinajstić information content (AvgIpc) is 1.59. The standard InChI is InChI=1S/C7H16N2/c1-6(2)8-9-7(3,4)5/h6H,1-5H3/b9-8-. The molecule has 0 aliphatic carbocycles. The van der Waals surface area contributed by atoms with Crippen LogP contribution in [0.2, 0.25) is 0 Å². The van der Waals surface area contributed by atoms with Gasteiger partial charge in [0.15, 0.2) is 0 Å². The van der Waals surface area contributed by atoms with Crippen molar-refractivity contribution < 1.29 is 0 Å². The third-order valence-electron chi connectivity index (χ3n) is 0.589. The van der Waals surface area contributed by atoms with Gasteiger partial charge in [-0.1, -0.05) is 0 Å². The Morgan fingerprint density at radius 3 is 1.67 bits per heavy atom. The van der Waals surface area contributed by atoms with E-state index in [9.17, 15) is 0 Å². The molecule has 0 atom stereocenters. The van der Waals surface area contributed by atoms with Gasteiger partial charge in [0.1, 0.15) is 0 Å². The minimum atomic E-state index is -0.00965. The normalized spacial score (nSPS) is 13.6. The number of nitrogens with zero attached hydrogens (tertiary/aromatic N) is 2. The molecule has 0 N–H and O–H groups in total. The van der Waals surface area contributed by atoms with Crippen molar-refractivity contribution in [3.05, 3.63) is 0 Å². The molecule has 0 rings (SSSR count). The summed E-state index contributed by atoms with van der Waals surface area (Å²) in [4.78, 5) is 0. The lowest BCUT2D eigenvalue weighted by molar-refractivity contribution is 0.523. The molecule has 0 heterocycles. The molecule has 0 amide bonds. The summed E-state index contributed by atoms with van der Waals surface area (Å²) in [5.41, 5.74) is -0.00965. The quantitative estimate of drug-likeness (QED) is 0.485. The van der Waals surface area contributed by atoms with E-state index in [2.05, 4.69) is 10.2 Å². The van der Waals surface area contributed by atoms with Crippen LogP contribution in [0.15, 0.2) is 10.2 Å². The summed E-state index contributed by atoms with van der Waals surface area (Å²) in [5, 5.41) is 8.10. The molecule has 0 fully saturated rings. The molecule has 9 heavy (non-hydrogen) atoms. The van der Waals surface area contributed by atoms with Crippen LogP contribution in [0.25, 0.3) is 0 Å². The Hall–Kier alpha value is -0.400. The zero-order chi connectivity index (χ0) is 7.49. The van der Waals surface area contributed by atoms with Crippen molar-refractivity contribution in [2.75, 3.05) is 0 Å². The van der Waals surface area contributed by atoms with Crippen LogP contribution < -0.4 is 0 Å². The maximum Gasteiger partial charge on any atom is 0.0732 e. The molecule has 54 valence electrons. The second-order valence-electron chi connectivity index (χ2n) is 3.48. The van der Waals surface area contributed by atoms with E-state index in [0.29, 0.717) is 6.04 Å². The molecule has 0 aromatic rings. The van der Waals surface area contributed by atoms with Gasteiger partial charge in [0.25, 0.3) is 0 Å². The lowest BCUT2D eigenvalue weighted by Crippen LogP contribution is -2.08. The van der Waals surface area contributed by atoms with Crippen LogP contribution in [0.4, 0.5) is 0 Å². The van der Waals surface area contributed by atoms with Crippen molar-refractivity contribution in [3.63, 3.8) is 0 Å². The summed E-state index contributed by atoms with van der Waals surface area (Å²) < 4.78 is 0. The molecule has 2 nitrogen and oxygen atoms in total. The molecule has 2 heteroatoms. The van der Waals surface area contributed by atoms with Gasteiger partial charge >= 0.3 is 0 Å². The van der Waals surface area contributed by atoms with Crippen LogP contribution in [-0.2, 0) is 0 Å². The fourth-order valence-electron chi connectivity index (χ4n) is 0.289. The summed E-state index contributed by atoms with van der Waals surface area (Å²) >= 11 is 0. The highest BCUT2D eigenvalue weighted by molar-refractivity contribution is 4.67. The van der Waals surface area contributed by atoms with Gasteiger partial charge in [-0.2, -0.15) is 10.2 Å². The van der Waals surface area contributed by atoms with Crippen LogP contribution in [0, 0.1) is 0 Å². The lowest BCUT2D eigenvalue weighted by Gasteiger charge is -2.09. The molecule has 0 saturated heterocycles. The molecule has 0 spiro atoms. The second-order valence-corrected chi connectivity index (χ2v) is 3.48. The van der Waals surface area contributed by atoms with E-state index >= 15 is 0 Å². The Labute approximate surface area is 57.4 Å².